The smallest absolute Gasteiger partial charge is 0.307 e. The molecule has 0 unspecified atom stereocenters. The maximum absolute atomic E-state index is 10.6. The third kappa shape index (κ3) is 10.8. The van der Waals surface area contributed by atoms with Crippen molar-refractivity contribution in [3.05, 3.63) is 0 Å². The number of methoxy groups -OCH3 is 1. The van der Waals surface area contributed by atoms with Gasteiger partial charge in [-0.05, 0) is 0 Å². The van der Waals surface area contributed by atoms with E-state index in [2.05, 4.69) is 4.74 Å². The van der Waals surface area contributed by atoms with Crippen LogP contribution >= 0.6 is 0 Å². The lowest BCUT2D eigenvalue weighted by Crippen LogP contribution is -2.11. The molecule has 0 rings (SSSR count). The molecule has 0 aliphatic rings. The minimum absolute atomic E-state index is 0.0117. The van der Waals surface area contributed by atoms with Gasteiger partial charge in [-0.25, -0.2) is 0 Å². The van der Waals surface area contributed by atoms with Crippen LogP contribution < -0.4 is 0 Å². The Kier molecular flexibility index (Phi) is 8.70. The molecule has 0 aliphatic carbocycles. The van der Waals surface area contributed by atoms with Crippen LogP contribution in [-0.2, 0) is 23.8 Å². The Morgan fingerprint density at radius 2 is 1.53 bits per heavy atom. The molecule has 0 heterocycles. The van der Waals surface area contributed by atoms with Crippen LogP contribution in [0.25, 0.3) is 0 Å². The summed E-state index contributed by atoms with van der Waals surface area (Å²) in [5.74, 6) is -1.21. The number of aliphatic carboxylic acids is 1. The normalized spacial score (nSPS) is 9.93. The van der Waals surface area contributed by atoms with Crippen LogP contribution in [0.2, 0.25) is 0 Å². The van der Waals surface area contributed by atoms with Crippen LogP contribution in [0.5, 0.6) is 0 Å². The predicted molar refractivity (Wildman–Crippen MR) is 50.5 cm³/mol. The summed E-state index contributed by atoms with van der Waals surface area (Å²) in [7, 11) is 1.32. The van der Waals surface area contributed by atoms with Gasteiger partial charge in [0.05, 0.1) is 46.4 Å². The largest absolute Gasteiger partial charge is 0.481 e. The first kappa shape index (κ1) is 13.9. The molecule has 6 nitrogen and oxygen atoms in total. The Morgan fingerprint density at radius 1 is 1.00 bits per heavy atom. The molecular formula is C9H16O6. The van der Waals surface area contributed by atoms with Crippen molar-refractivity contribution >= 4 is 11.9 Å². The summed E-state index contributed by atoms with van der Waals surface area (Å²) in [5, 5.41) is 8.28. The Bertz CT molecular complexity index is 191. The standard InChI is InChI=1S/C9H16O6/c1-13-9(12)3-5-15-7-6-14-4-2-8(10)11/h2-7H2,1H3,(H,10,11). The van der Waals surface area contributed by atoms with E-state index in [1.807, 2.05) is 0 Å². The molecule has 0 radical (unpaired) electrons. The number of ether oxygens (including phenoxy) is 3. The van der Waals surface area contributed by atoms with Crippen molar-refractivity contribution in [3.8, 4) is 0 Å². The van der Waals surface area contributed by atoms with Crippen molar-refractivity contribution in [3.63, 3.8) is 0 Å². The van der Waals surface area contributed by atoms with Gasteiger partial charge in [-0.2, -0.15) is 0 Å². The average molecular weight is 220 g/mol. The molecular weight excluding hydrogens is 204 g/mol. The second-order valence-corrected chi connectivity index (χ2v) is 2.69. The zero-order chi connectivity index (χ0) is 11.5. The Hall–Kier alpha value is -1.14. The van der Waals surface area contributed by atoms with E-state index in [-0.39, 0.29) is 32.0 Å². The van der Waals surface area contributed by atoms with Crippen molar-refractivity contribution in [1.82, 2.24) is 0 Å². The zero-order valence-electron chi connectivity index (χ0n) is 8.73. The topological polar surface area (TPSA) is 82.1 Å². The van der Waals surface area contributed by atoms with Crippen molar-refractivity contribution in [2.24, 2.45) is 0 Å². The third-order valence-electron chi connectivity index (χ3n) is 1.51. The number of hydrogen-bond acceptors (Lipinski definition) is 5. The summed E-state index contributed by atoms with van der Waals surface area (Å²) in [4.78, 5) is 20.7. The SMILES string of the molecule is COC(=O)CCOCCOCCC(=O)O. The van der Waals surface area contributed by atoms with Gasteiger partial charge in [0.15, 0.2) is 0 Å². The average Bonchev–Trinajstić information content (AvgIpc) is 2.21. The summed E-state index contributed by atoms with van der Waals surface area (Å²) in [6, 6.07) is 0. The Morgan fingerprint density at radius 3 is 2.00 bits per heavy atom. The first-order valence-electron chi connectivity index (χ1n) is 4.61. The van der Waals surface area contributed by atoms with E-state index in [4.69, 9.17) is 14.6 Å². The Labute approximate surface area is 88.1 Å². The van der Waals surface area contributed by atoms with E-state index in [1.165, 1.54) is 7.11 Å². The third-order valence-corrected chi connectivity index (χ3v) is 1.51. The first-order valence-corrected chi connectivity index (χ1v) is 4.61. The highest BCUT2D eigenvalue weighted by molar-refractivity contribution is 5.69. The molecule has 6 heteroatoms. The number of esters is 1. The van der Waals surface area contributed by atoms with Gasteiger partial charge in [-0.1, -0.05) is 0 Å². The lowest BCUT2D eigenvalue weighted by molar-refractivity contribution is -0.142. The minimum atomic E-state index is -0.887. The summed E-state index contributed by atoms with van der Waals surface area (Å²) < 4.78 is 14.4. The maximum Gasteiger partial charge on any atom is 0.307 e. The zero-order valence-corrected chi connectivity index (χ0v) is 8.73. The molecule has 0 aliphatic heterocycles. The molecule has 0 amide bonds. The van der Waals surface area contributed by atoms with Gasteiger partial charge < -0.3 is 19.3 Å². The van der Waals surface area contributed by atoms with E-state index in [0.29, 0.717) is 13.2 Å². The van der Waals surface area contributed by atoms with Gasteiger partial charge in [-0.15, -0.1) is 0 Å². The van der Waals surface area contributed by atoms with E-state index < -0.39 is 5.97 Å². The molecule has 15 heavy (non-hydrogen) atoms. The monoisotopic (exact) mass is 220 g/mol. The van der Waals surface area contributed by atoms with E-state index in [0.717, 1.165) is 0 Å². The highest BCUT2D eigenvalue weighted by Gasteiger charge is 1.99. The number of carbonyl (C=O) groups is 2. The molecule has 0 atom stereocenters. The maximum atomic E-state index is 10.6. The molecule has 0 aromatic heterocycles. The molecule has 0 saturated heterocycles. The molecule has 1 N–H and O–H groups in total. The first-order chi connectivity index (χ1) is 7.16. The van der Waals surface area contributed by atoms with Crippen molar-refractivity contribution < 1.29 is 28.9 Å². The summed E-state index contributed by atoms with van der Waals surface area (Å²) in [6.45, 7) is 1.13. The molecule has 88 valence electrons. The molecule has 0 spiro atoms. The molecule has 0 bridgehead atoms. The molecule has 0 fully saturated rings. The van der Waals surface area contributed by atoms with Crippen LogP contribution in [0.15, 0.2) is 0 Å². The second-order valence-electron chi connectivity index (χ2n) is 2.69. The van der Waals surface area contributed by atoms with Crippen LogP contribution in [0.4, 0.5) is 0 Å². The number of rotatable bonds is 9. The fourth-order valence-corrected chi connectivity index (χ4v) is 0.739. The van der Waals surface area contributed by atoms with Gasteiger partial charge in [0.1, 0.15) is 0 Å². The van der Waals surface area contributed by atoms with Gasteiger partial charge in [0.2, 0.25) is 0 Å². The highest BCUT2D eigenvalue weighted by Crippen LogP contribution is 1.87. The van der Waals surface area contributed by atoms with Crippen molar-refractivity contribution in [1.29, 1.82) is 0 Å². The van der Waals surface area contributed by atoms with E-state index in [9.17, 15) is 9.59 Å². The van der Waals surface area contributed by atoms with Crippen LogP contribution in [-0.4, -0.2) is 50.6 Å². The van der Waals surface area contributed by atoms with Crippen LogP contribution in [0.3, 0.4) is 0 Å². The van der Waals surface area contributed by atoms with Gasteiger partial charge in [0.25, 0.3) is 0 Å². The summed E-state index contributed by atoms with van der Waals surface area (Å²) >= 11 is 0. The molecule has 0 saturated carbocycles. The van der Waals surface area contributed by atoms with Gasteiger partial charge >= 0.3 is 11.9 Å². The predicted octanol–water partition coefficient (Wildman–Crippen LogP) is 0.0574. The molecule has 0 aromatic rings. The molecule has 0 aromatic carbocycles. The lowest BCUT2D eigenvalue weighted by Gasteiger charge is -2.04. The number of carbonyl (C=O) groups excluding carboxylic acids is 1. The van der Waals surface area contributed by atoms with Gasteiger partial charge in [-0.3, -0.25) is 9.59 Å². The fourth-order valence-electron chi connectivity index (χ4n) is 0.739. The lowest BCUT2D eigenvalue weighted by atomic mass is 10.5. The van der Waals surface area contributed by atoms with Crippen molar-refractivity contribution in [2.45, 2.75) is 12.8 Å². The number of carboxylic acids is 1. The van der Waals surface area contributed by atoms with Gasteiger partial charge in [0, 0.05) is 0 Å². The quantitative estimate of drug-likeness (QED) is 0.437. The van der Waals surface area contributed by atoms with Crippen molar-refractivity contribution in [2.75, 3.05) is 33.5 Å². The minimum Gasteiger partial charge on any atom is -0.481 e. The summed E-state index contributed by atoms with van der Waals surface area (Å²) in [5.41, 5.74) is 0. The van der Waals surface area contributed by atoms with Crippen LogP contribution in [0, 0.1) is 0 Å². The fraction of sp³-hybridized carbons (Fsp3) is 0.778. The van der Waals surface area contributed by atoms with Crippen LogP contribution in [0.1, 0.15) is 12.8 Å². The van der Waals surface area contributed by atoms with E-state index >= 15 is 0 Å². The number of hydrogen-bond donors (Lipinski definition) is 1. The Balaban J connectivity index is 3.05. The van der Waals surface area contributed by atoms with E-state index in [1.54, 1.807) is 0 Å². The second kappa shape index (κ2) is 9.42. The summed E-state index contributed by atoms with van der Waals surface area (Å²) in [6.07, 6.45) is 0.202. The number of carboxylic acid groups (broad SMARTS) is 1. The highest BCUT2D eigenvalue weighted by atomic mass is 16.5.